The Morgan fingerprint density at radius 1 is 1.46 bits per heavy atom. The monoisotopic (exact) mass is 185 g/mol. The zero-order valence-corrected chi connectivity index (χ0v) is 9.14. The van der Waals surface area contributed by atoms with Crippen molar-refractivity contribution in [3.63, 3.8) is 0 Å². The molecule has 0 aromatic carbocycles. The summed E-state index contributed by atoms with van der Waals surface area (Å²) in [6, 6.07) is 0. The van der Waals surface area contributed by atoms with E-state index in [1.807, 2.05) is 0 Å². The second kappa shape index (κ2) is 7.90. The Balaban J connectivity index is 3.59. The molecule has 78 valence electrons. The highest BCUT2D eigenvalue weighted by molar-refractivity contribution is 5.77. The fraction of sp³-hybridized carbons (Fsp3) is 0.900. The van der Waals surface area contributed by atoms with Crippen molar-refractivity contribution in [2.75, 3.05) is 13.6 Å². The predicted octanol–water partition coefficient (Wildman–Crippen LogP) is 1.74. The molecule has 13 heavy (non-hydrogen) atoms. The maximum Gasteiger partial charge on any atom is 0.188 e. The van der Waals surface area contributed by atoms with Crippen LogP contribution in [0.2, 0.25) is 0 Å². The molecule has 0 saturated heterocycles. The van der Waals surface area contributed by atoms with E-state index in [1.165, 1.54) is 25.7 Å². The Hall–Kier alpha value is -0.730. The van der Waals surface area contributed by atoms with Gasteiger partial charge in [0.15, 0.2) is 5.96 Å². The number of hydrogen-bond acceptors (Lipinski definition) is 1. The summed E-state index contributed by atoms with van der Waals surface area (Å²) in [5, 5.41) is 3.12. The fourth-order valence-corrected chi connectivity index (χ4v) is 1.27. The number of aliphatic imine (C=N–C) groups is 1. The zero-order chi connectivity index (χ0) is 10.1. The zero-order valence-electron chi connectivity index (χ0n) is 9.14. The van der Waals surface area contributed by atoms with Crippen LogP contribution in [0, 0.1) is 5.92 Å². The van der Waals surface area contributed by atoms with Gasteiger partial charge in [-0.25, -0.2) is 0 Å². The van der Waals surface area contributed by atoms with Gasteiger partial charge in [-0.05, 0) is 12.3 Å². The summed E-state index contributed by atoms with van der Waals surface area (Å²) in [4.78, 5) is 3.86. The first kappa shape index (κ1) is 12.3. The van der Waals surface area contributed by atoms with Crippen LogP contribution in [-0.4, -0.2) is 19.6 Å². The molecule has 0 saturated carbocycles. The van der Waals surface area contributed by atoms with Gasteiger partial charge >= 0.3 is 0 Å². The summed E-state index contributed by atoms with van der Waals surface area (Å²) < 4.78 is 0. The van der Waals surface area contributed by atoms with E-state index in [-0.39, 0.29) is 0 Å². The van der Waals surface area contributed by atoms with Crippen molar-refractivity contribution in [2.24, 2.45) is 16.6 Å². The topological polar surface area (TPSA) is 50.4 Å². The normalized spacial score (nSPS) is 14.2. The van der Waals surface area contributed by atoms with Crippen molar-refractivity contribution in [3.8, 4) is 0 Å². The van der Waals surface area contributed by atoms with Gasteiger partial charge in [0.25, 0.3) is 0 Å². The number of hydrogen-bond donors (Lipinski definition) is 2. The molecule has 0 fully saturated rings. The summed E-state index contributed by atoms with van der Waals surface area (Å²) in [6.07, 6.45) is 5.08. The van der Waals surface area contributed by atoms with Gasteiger partial charge in [0.1, 0.15) is 0 Å². The maximum atomic E-state index is 5.54. The number of rotatable bonds is 6. The largest absolute Gasteiger partial charge is 0.370 e. The summed E-state index contributed by atoms with van der Waals surface area (Å²) in [5.41, 5.74) is 5.54. The van der Waals surface area contributed by atoms with Crippen molar-refractivity contribution in [3.05, 3.63) is 0 Å². The summed E-state index contributed by atoms with van der Waals surface area (Å²) in [7, 11) is 1.70. The number of nitrogens with two attached hydrogens (primary N) is 1. The fourth-order valence-electron chi connectivity index (χ4n) is 1.27. The quantitative estimate of drug-likeness (QED) is 0.489. The first-order chi connectivity index (χ1) is 6.24. The summed E-state index contributed by atoms with van der Waals surface area (Å²) in [5.74, 6) is 1.29. The van der Waals surface area contributed by atoms with Gasteiger partial charge in [-0.3, -0.25) is 4.99 Å². The lowest BCUT2D eigenvalue weighted by molar-refractivity contribution is 0.445. The molecular weight excluding hydrogens is 162 g/mol. The second-order valence-electron chi connectivity index (χ2n) is 3.41. The number of guanidine groups is 1. The van der Waals surface area contributed by atoms with E-state index >= 15 is 0 Å². The minimum absolute atomic E-state index is 0.551. The van der Waals surface area contributed by atoms with Gasteiger partial charge in [-0.2, -0.15) is 0 Å². The molecule has 0 aliphatic rings. The summed E-state index contributed by atoms with van der Waals surface area (Å²) >= 11 is 0. The van der Waals surface area contributed by atoms with Crippen LogP contribution in [0.25, 0.3) is 0 Å². The Labute approximate surface area is 81.8 Å². The van der Waals surface area contributed by atoms with E-state index in [0.29, 0.717) is 5.96 Å². The average molecular weight is 185 g/mol. The third kappa shape index (κ3) is 6.43. The van der Waals surface area contributed by atoms with Gasteiger partial charge in [-0.15, -0.1) is 0 Å². The molecule has 1 unspecified atom stereocenters. The highest BCUT2D eigenvalue weighted by Gasteiger charge is 2.04. The molecule has 3 nitrogen and oxygen atoms in total. The minimum Gasteiger partial charge on any atom is -0.370 e. The molecular formula is C10H23N3. The highest BCUT2D eigenvalue weighted by Crippen LogP contribution is 2.10. The predicted molar refractivity (Wildman–Crippen MR) is 58.9 cm³/mol. The van der Waals surface area contributed by atoms with E-state index in [4.69, 9.17) is 5.73 Å². The molecule has 0 aromatic rings. The molecule has 0 amide bonds. The van der Waals surface area contributed by atoms with Crippen LogP contribution in [0.4, 0.5) is 0 Å². The molecule has 0 radical (unpaired) electrons. The highest BCUT2D eigenvalue weighted by atomic mass is 15.1. The molecule has 0 aliphatic carbocycles. The minimum atomic E-state index is 0.551. The first-order valence-electron chi connectivity index (χ1n) is 5.20. The van der Waals surface area contributed by atoms with E-state index < -0.39 is 0 Å². The molecule has 0 heterocycles. The van der Waals surface area contributed by atoms with Gasteiger partial charge in [0.2, 0.25) is 0 Å². The molecule has 0 aliphatic heterocycles. The number of nitrogens with one attached hydrogen (secondary N) is 1. The van der Waals surface area contributed by atoms with Gasteiger partial charge in [-0.1, -0.05) is 33.1 Å². The van der Waals surface area contributed by atoms with Crippen molar-refractivity contribution in [1.29, 1.82) is 0 Å². The van der Waals surface area contributed by atoms with E-state index in [9.17, 15) is 0 Å². The lowest BCUT2D eigenvalue weighted by Crippen LogP contribution is -2.35. The molecule has 3 heteroatoms. The van der Waals surface area contributed by atoms with Gasteiger partial charge in [0.05, 0.1) is 0 Å². The van der Waals surface area contributed by atoms with Crippen molar-refractivity contribution in [1.82, 2.24) is 5.32 Å². The lowest BCUT2D eigenvalue weighted by Gasteiger charge is -2.15. The first-order valence-corrected chi connectivity index (χ1v) is 5.20. The van der Waals surface area contributed by atoms with E-state index in [1.54, 1.807) is 7.05 Å². The van der Waals surface area contributed by atoms with Crippen molar-refractivity contribution in [2.45, 2.75) is 39.5 Å². The number of unbranched alkanes of at least 4 members (excludes halogenated alkanes) is 1. The standard InChI is InChI=1S/C10H23N3/c1-4-6-7-9(5-2)8-13-10(11)12-3/h9H,4-8H2,1-3H3,(H3,11,12,13). The van der Waals surface area contributed by atoms with Crippen LogP contribution in [0.15, 0.2) is 4.99 Å². The Morgan fingerprint density at radius 3 is 2.62 bits per heavy atom. The Morgan fingerprint density at radius 2 is 2.15 bits per heavy atom. The van der Waals surface area contributed by atoms with Crippen LogP contribution in [-0.2, 0) is 0 Å². The molecule has 0 bridgehead atoms. The van der Waals surface area contributed by atoms with Crippen LogP contribution >= 0.6 is 0 Å². The third-order valence-corrected chi connectivity index (χ3v) is 2.36. The SMILES string of the molecule is CCCCC(CC)CNC(N)=NC. The van der Waals surface area contributed by atoms with Crippen LogP contribution in [0.3, 0.4) is 0 Å². The van der Waals surface area contributed by atoms with Crippen LogP contribution in [0.1, 0.15) is 39.5 Å². The Bertz CT molecular complexity index is 143. The van der Waals surface area contributed by atoms with Crippen molar-refractivity contribution >= 4 is 5.96 Å². The molecule has 0 spiro atoms. The Kier molecular flexibility index (Phi) is 7.45. The van der Waals surface area contributed by atoms with Gasteiger partial charge < -0.3 is 11.1 Å². The second-order valence-corrected chi connectivity index (χ2v) is 3.41. The van der Waals surface area contributed by atoms with Crippen molar-refractivity contribution < 1.29 is 0 Å². The number of nitrogens with zero attached hydrogens (tertiary/aromatic N) is 1. The lowest BCUT2D eigenvalue weighted by atomic mass is 9.99. The van der Waals surface area contributed by atoms with E-state index in [0.717, 1.165) is 12.5 Å². The van der Waals surface area contributed by atoms with Gasteiger partial charge in [0, 0.05) is 13.6 Å². The average Bonchev–Trinajstić information content (AvgIpc) is 2.17. The van der Waals surface area contributed by atoms with E-state index in [2.05, 4.69) is 24.2 Å². The molecule has 0 aromatic heterocycles. The molecule has 1 atom stereocenters. The maximum absolute atomic E-state index is 5.54. The van der Waals surface area contributed by atoms with Crippen LogP contribution < -0.4 is 11.1 Å². The third-order valence-electron chi connectivity index (χ3n) is 2.36. The van der Waals surface area contributed by atoms with Crippen LogP contribution in [0.5, 0.6) is 0 Å². The smallest absolute Gasteiger partial charge is 0.188 e. The molecule has 3 N–H and O–H groups in total. The molecule has 0 rings (SSSR count). The summed E-state index contributed by atoms with van der Waals surface area (Å²) in [6.45, 7) is 5.41.